The van der Waals surface area contributed by atoms with Crippen LogP contribution in [-0.4, -0.2) is 8.42 Å². The molecule has 0 bridgehead atoms. The van der Waals surface area contributed by atoms with E-state index in [2.05, 4.69) is 11.6 Å². The molecule has 0 aliphatic rings. The normalized spacial score (nSPS) is 11.5. The standard InChI is InChI=1S/C18H22FNO2S/c1-4-5-6-15-8-10-17(14(3)11-15)20-23(21,22)18-12-16(19)9-7-13(18)2/h7-12,20H,4-6H2,1-3H3. The predicted molar refractivity (Wildman–Crippen MR) is 91.7 cm³/mol. The van der Waals surface area contributed by atoms with E-state index in [1.54, 1.807) is 13.0 Å². The fourth-order valence-electron chi connectivity index (χ4n) is 2.44. The summed E-state index contributed by atoms with van der Waals surface area (Å²) in [5, 5.41) is 0. The minimum Gasteiger partial charge on any atom is -0.279 e. The van der Waals surface area contributed by atoms with Crippen molar-refractivity contribution in [1.29, 1.82) is 0 Å². The smallest absolute Gasteiger partial charge is 0.262 e. The Bertz CT molecular complexity index is 801. The van der Waals surface area contributed by atoms with Crippen molar-refractivity contribution >= 4 is 15.7 Å². The second-order valence-corrected chi connectivity index (χ2v) is 7.42. The first-order valence-corrected chi connectivity index (χ1v) is 9.20. The molecule has 0 radical (unpaired) electrons. The summed E-state index contributed by atoms with van der Waals surface area (Å²) in [6, 6.07) is 9.45. The van der Waals surface area contributed by atoms with Crippen LogP contribution >= 0.6 is 0 Å². The van der Waals surface area contributed by atoms with Gasteiger partial charge in [0.05, 0.1) is 10.6 Å². The molecule has 124 valence electrons. The van der Waals surface area contributed by atoms with E-state index in [4.69, 9.17) is 0 Å². The second kappa shape index (κ2) is 7.13. The van der Waals surface area contributed by atoms with Crippen LogP contribution in [0.2, 0.25) is 0 Å². The summed E-state index contributed by atoms with van der Waals surface area (Å²) in [6.07, 6.45) is 3.20. The maximum Gasteiger partial charge on any atom is 0.262 e. The lowest BCUT2D eigenvalue weighted by Crippen LogP contribution is -2.15. The molecule has 0 spiro atoms. The molecule has 2 aromatic rings. The number of nitrogens with one attached hydrogen (secondary N) is 1. The predicted octanol–water partition coefficient (Wildman–Crippen LogP) is 4.59. The molecule has 0 aliphatic heterocycles. The van der Waals surface area contributed by atoms with Crippen molar-refractivity contribution in [2.24, 2.45) is 0 Å². The number of benzene rings is 2. The van der Waals surface area contributed by atoms with Gasteiger partial charge >= 0.3 is 0 Å². The van der Waals surface area contributed by atoms with Crippen LogP contribution in [0.1, 0.15) is 36.5 Å². The van der Waals surface area contributed by atoms with Crippen LogP contribution in [0.5, 0.6) is 0 Å². The molecule has 0 unspecified atom stereocenters. The van der Waals surface area contributed by atoms with E-state index in [9.17, 15) is 12.8 Å². The monoisotopic (exact) mass is 335 g/mol. The second-order valence-electron chi connectivity index (χ2n) is 5.77. The molecule has 0 saturated carbocycles. The van der Waals surface area contributed by atoms with E-state index >= 15 is 0 Å². The molecule has 2 aromatic carbocycles. The van der Waals surface area contributed by atoms with Crippen LogP contribution in [0.3, 0.4) is 0 Å². The zero-order valence-corrected chi connectivity index (χ0v) is 14.5. The van der Waals surface area contributed by atoms with Crippen LogP contribution in [0.25, 0.3) is 0 Å². The molecule has 5 heteroatoms. The van der Waals surface area contributed by atoms with Gasteiger partial charge in [0.2, 0.25) is 0 Å². The van der Waals surface area contributed by atoms with Gasteiger partial charge in [0.25, 0.3) is 10.0 Å². The van der Waals surface area contributed by atoms with Crippen molar-refractivity contribution in [3.8, 4) is 0 Å². The molecular formula is C18H22FNO2S. The van der Waals surface area contributed by atoms with Gasteiger partial charge in [0.15, 0.2) is 0 Å². The summed E-state index contributed by atoms with van der Waals surface area (Å²) in [6.45, 7) is 5.65. The number of anilines is 1. The van der Waals surface area contributed by atoms with Crippen molar-refractivity contribution < 1.29 is 12.8 Å². The van der Waals surface area contributed by atoms with Crippen LogP contribution in [0.15, 0.2) is 41.3 Å². The van der Waals surface area contributed by atoms with E-state index < -0.39 is 15.8 Å². The maximum absolute atomic E-state index is 13.4. The molecule has 0 saturated heterocycles. The molecule has 0 fully saturated rings. The van der Waals surface area contributed by atoms with Crippen molar-refractivity contribution in [2.45, 2.75) is 44.9 Å². The quantitative estimate of drug-likeness (QED) is 0.839. The Kier molecular flexibility index (Phi) is 5.42. The van der Waals surface area contributed by atoms with Gasteiger partial charge in [-0.15, -0.1) is 0 Å². The fourth-order valence-corrected chi connectivity index (χ4v) is 3.83. The summed E-state index contributed by atoms with van der Waals surface area (Å²) in [5.74, 6) is -0.567. The summed E-state index contributed by atoms with van der Waals surface area (Å²) >= 11 is 0. The van der Waals surface area contributed by atoms with E-state index in [0.29, 0.717) is 11.3 Å². The lowest BCUT2D eigenvalue weighted by atomic mass is 10.1. The minimum absolute atomic E-state index is 0.0352. The van der Waals surface area contributed by atoms with E-state index in [-0.39, 0.29) is 4.90 Å². The molecule has 0 aliphatic carbocycles. The molecule has 23 heavy (non-hydrogen) atoms. The van der Waals surface area contributed by atoms with Crippen LogP contribution in [-0.2, 0) is 16.4 Å². The van der Waals surface area contributed by atoms with Gasteiger partial charge < -0.3 is 0 Å². The SMILES string of the molecule is CCCCc1ccc(NS(=O)(=O)c2cc(F)ccc2C)c(C)c1. The van der Waals surface area contributed by atoms with E-state index in [1.165, 1.54) is 17.7 Å². The fraction of sp³-hybridized carbons (Fsp3) is 0.333. The van der Waals surface area contributed by atoms with Crippen LogP contribution < -0.4 is 4.72 Å². The lowest BCUT2D eigenvalue weighted by Gasteiger charge is -2.13. The summed E-state index contributed by atoms with van der Waals surface area (Å²) in [5.41, 5.74) is 3.08. The molecule has 3 nitrogen and oxygen atoms in total. The Morgan fingerprint density at radius 1 is 1.04 bits per heavy atom. The lowest BCUT2D eigenvalue weighted by molar-refractivity contribution is 0.594. The Hall–Kier alpha value is -1.88. The average Bonchev–Trinajstić information content (AvgIpc) is 2.50. The Morgan fingerprint density at radius 3 is 2.43 bits per heavy atom. The first-order valence-electron chi connectivity index (χ1n) is 7.72. The third-order valence-corrected chi connectivity index (χ3v) is 5.30. The Balaban J connectivity index is 2.28. The molecule has 0 atom stereocenters. The number of unbranched alkanes of at least 4 members (excludes halogenated alkanes) is 1. The molecule has 0 aromatic heterocycles. The summed E-state index contributed by atoms with van der Waals surface area (Å²) in [4.78, 5) is -0.0352. The zero-order valence-electron chi connectivity index (χ0n) is 13.7. The topological polar surface area (TPSA) is 46.2 Å². The Labute approximate surface area is 137 Å². The van der Waals surface area contributed by atoms with E-state index in [0.717, 1.165) is 30.9 Å². The molecule has 0 amide bonds. The minimum atomic E-state index is -3.81. The highest BCUT2D eigenvalue weighted by molar-refractivity contribution is 7.92. The number of sulfonamides is 1. The first-order chi connectivity index (χ1) is 10.8. The molecule has 1 N–H and O–H groups in total. The number of halogens is 1. The highest BCUT2D eigenvalue weighted by Gasteiger charge is 2.18. The summed E-state index contributed by atoms with van der Waals surface area (Å²) < 4.78 is 40.9. The van der Waals surface area contributed by atoms with Crippen molar-refractivity contribution in [1.82, 2.24) is 0 Å². The number of rotatable bonds is 6. The maximum atomic E-state index is 13.4. The van der Waals surface area contributed by atoms with E-state index in [1.807, 2.05) is 19.1 Å². The van der Waals surface area contributed by atoms with Crippen molar-refractivity contribution in [3.63, 3.8) is 0 Å². The third kappa shape index (κ3) is 4.32. The third-order valence-electron chi connectivity index (χ3n) is 3.79. The number of hydrogen-bond acceptors (Lipinski definition) is 2. The van der Waals surface area contributed by atoms with Crippen LogP contribution in [0, 0.1) is 19.7 Å². The van der Waals surface area contributed by atoms with Gasteiger partial charge in [0, 0.05) is 0 Å². The molecule has 0 heterocycles. The van der Waals surface area contributed by atoms with Gasteiger partial charge in [-0.25, -0.2) is 12.8 Å². The van der Waals surface area contributed by atoms with Crippen LogP contribution in [0.4, 0.5) is 10.1 Å². The number of aryl methyl sites for hydroxylation is 3. The van der Waals surface area contributed by atoms with Gasteiger partial charge in [-0.1, -0.05) is 31.5 Å². The largest absolute Gasteiger partial charge is 0.279 e. The molecular weight excluding hydrogens is 313 g/mol. The van der Waals surface area contributed by atoms with Gasteiger partial charge in [-0.05, 0) is 61.6 Å². The van der Waals surface area contributed by atoms with Gasteiger partial charge in [-0.3, -0.25) is 4.72 Å². The van der Waals surface area contributed by atoms with Gasteiger partial charge in [0.1, 0.15) is 5.82 Å². The highest BCUT2D eigenvalue weighted by Crippen LogP contribution is 2.23. The molecule has 2 rings (SSSR count). The average molecular weight is 335 g/mol. The van der Waals surface area contributed by atoms with Crippen molar-refractivity contribution in [2.75, 3.05) is 4.72 Å². The first kappa shape index (κ1) is 17.5. The summed E-state index contributed by atoms with van der Waals surface area (Å²) in [7, 11) is -3.81. The van der Waals surface area contributed by atoms with Gasteiger partial charge in [-0.2, -0.15) is 0 Å². The Morgan fingerprint density at radius 2 is 1.78 bits per heavy atom. The highest BCUT2D eigenvalue weighted by atomic mass is 32.2. The number of hydrogen-bond donors (Lipinski definition) is 1. The zero-order chi connectivity index (χ0) is 17.0. The van der Waals surface area contributed by atoms with Crippen molar-refractivity contribution in [3.05, 3.63) is 58.9 Å².